The fourth-order valence-corrected chi connectivity index (χ4v) is 5.09. The van der Waals surface area contributed by atoms with Gasteiger partial charge in [-0.2, -0.15) is 0 Å². The van der Waals surface area contributed by atoms with E-state index in [4.69, 9.17) is 0 Å². The Morgan fingerprint density at radius 2 is 1.64 bits per heavy atom. The van der Waals surface area contributed by atoms with Gasteiger partial charge in [0, 0.05) is 46.9 Å². The fourth-order valence-electron chi connectivity index (χ4n) is 5.09. The first-order valence-electron chi connectivity index (χ1n) is 13.9. The van der Waals surface area contributed by atoms with Gasteiger partial charge in [0.1, 0.15) is 11.5 Å². The molecule has 0 saturated carbocycles. The zero-order valence-electron chi connectivity index (χ0n) is 22.9. The minimum absolute atomic E-state index is 0.0448. The number of aryl methyl sites for hydroxylation is 1. The van der Waals surface area contributed by atoms with E-state index in [0.717, 1.165) is 27.6 Å². The van der Waals surface area contributed by atoms with Gasteiger partial charge in [-0.25, -0.2) is 4.39 Å². The van der Waals surface area contributed by atoms with Crippen LogP contribution in [-0.4, -0.2) is 25.9 Å². The third-order valence-corrected chi connectivity index (χ3v) is 7.20. The summed E-state index contributed by atoms with van der Waals surface area (Å²) in [6, 6.07) is 30.5. The number of rotatable bonds is 10. The van der Waals surface area contributed by atoms with Gasteiger partial charge >= 0.3 is 0 Å². The SMILES string of the molecule is O=C(CCCc1ccccc1F)c1cncc(-c2nnc(NCc3ccccn3)c3c(-c4ccccc4)cccc23)c1. The van der Waals surface area contributed by atoms with Crippen LogP contribution < -0.4 is 5.32 Å². The Kier molecular flexibility index (Phi) is 7.99. The summed E-state index contributed by atoms with van der Waals surface area (Å²) in [4.78, 5) is 21.9. The van der Waals surface area contributed by atoms with Gasteiger partial charge in [-0.3, -0.25) is 14.8 Å². The Morgan fingerprint density at radius 3 is 2.48 bits per heavy atom. The largest absolute Gasteiger partial charge is 0.362 e. The van der Waals surface area contributed by atoms with Crippen molar-refractivity contribution >= 4 is 22.4 Å². The highest BCUT2D eigenvalue weighted by Crippen LogP contribution is 2.37. The van der Waals surface area contributed by atoms with Gasteiger partial charge in [-0.1, -0.05) is 72.8 Å². The maximum Gasteiger partial charge on any atom is 0.164 e. The molecule has 0 aliphatic carbocycles. The topological polar surface area (TPSA) is 80.7 Å². The Labute approximate surface area is 243 Å². The van der Waals surface area contributed by atoms with E-state index in [0.29, 0.717) is 54.0 Å². The first kappa shape index (κ1) is 26.9. The van der Waals surface area contributed by atoms with Crippen molar-refractivity contribution in [3.05, 3.63) is 138 Å². The molecule has 0 spiro atoms. The molecule has 42 heavy (non-hydrogen) atoms. The molecule has 3 aromatic heterocycles. The first-order valence-corrected chi connectivity index (χ1v) is 13.9. The smallest absolute Gasteiger partial charge is 0.164 e. The minimum Gasteiger partial charge on any atom is -0.362 e. The van der Waals surface area contributed by atoms with Crippen molar-refractivity contribution in [1.82, 2.24) is 20.2 Å². The number of Topliss-reactive ketones (excluding diaryl/α,β-unsaturated/α-hetero) is 1. The highest BCUT2D eigenvalue weighted by Gasteiger charge is 2.17. The lowest BCUT2D eigenvalue weighted by molar-refractivity contribution is 0.0979. The predicted octanol–water partition coefficient (Wildman–Crippen LogP) is 7.71. The van der Waals surface area contributed by atoms with E-state index in [1.807, 2.05) is 60.7 Å². The average molecular weight is 554 g/mol. The third-order valence-electron chi connectivity index (χ3n) is 7.20. The normalized spacial score (nSPS) is 11.0. The molecule has 0 aliphatic heterocycles. The van der Waals surface area contributed by atoms with Gasteiger partial charge in [-0.15, -0.1) is 10.2 Å². The number of fused-ring (bicyclic) bond motifs is 1. The van der Waals surface area contributed by atoms with E-state index in [1.165, 1.54) is 6.07 Å². The maximum absolute atomic E-state index is 14.0. The Morgan fingerprint density at radius 1 is 0.810 bits per heavy atom. The molecule has 6 rings (SSSR count). The minimum atomic E-state index is -0.244. The fraction of sp³-hybridized carbons (Fsp3) is 0.114. The summed E-state index contributed by atoms with van der Waals surface area (Å²) in [5.41, 5.74) is 5.41. The van der Waals surface area contributed by atoms with Crippen LogP contribution in [0.2, 0.25) is 0 Å². The number of hydrogen-bond donors (Lipinski definition) is 1. The second-order valence-corrected chi connectivity index (χ2v) is 10.00. The summed E-state index contributed by atoms with van der Waals surface area (Å²) in [6.45, 7) is 0.492. The van der Waals surface area contributed by atoms with E-state index >= 15 is 0 Å². The van der Waals surface area contributed by atoms with Crippen LogP contribution in [0.4, 0.5) is 10.2 Å². The second-order valence-electron chi connectivity index (χ2n) is 10.00. The number of ketones is 1. The van der Waals surface area contributed by atoms with E-state index in [-0.39, 0.29) is 11.6 Å². The van der Waals surface area contributed by atoms with Gasteiger partial charge in [0.15, 0.2) is 11.6 Å². The van der Waals surface area contributed by atoms with E-state index in [1.54, 1.807) is 30.7 Å². The molecular formula is C35H28FN5O. The average Bonchev–Trinajstić information content (AvgIpc) is 3.05. The van der Waals surface area contributed by atoms with Crippen LogP contribution in [0.3, 0.4) is 0 Å². The molecule has 1 N–H and O–H groups in total. The monoisotopic (exact) mass is 553 g/mol. The number of carbonyl (C=O) groups is 1. The van der Waals surface area contributed by atoms with E-state index in [2.05, 4.69) is 43.7 Å². The van der Waals surface area contributed by atoms with Gasteiger partial charge in [-0.05, 0) is 53.8 Å². The van der Waals surface area contributed by atoms with Crippen LogP contribution in [-0.2, 0) is 13.0 Å². The lowest BCUT2D eigenvalue weighted by Gasteiger charge is -2.15. The number of nitrogens with zero attached hydrogens (tertiary/aromatic N) is 4. The standard InChI is InChI=1S/C35H28FN5O/c36-31-17-5-4-12-25(31)13-8-18-32(42)26-20-27(22-37-21-26)34-30-16-9-15-29(24-10-2-1-3-11-24)33(30)35(41-40-34)39-23-28-14-6-7-19-38-28/h1-7,9-12,14-17,19-22H,8,13,18,23H2,(H,39,41). The highest BCUT2D eigenvalue weighted by molar-refractivity contribution is 6.08. The van der Waals surface area contributed by atoms with Crippen LogP contribution in [0.1, 0.15) is 34.5 Å². The molecule has 0 saturated heterocycles. The molecule has 3 aromatic carbocycles. The molecule has 0 fully saturated rings. The van der Waals surface area contributed by atoms with Gasteiger partial charge < -0.3 is 5.32 Å². The Hall–Kier alpha value is -5.30. The van der Waals surface area contributed by atoms with Crippen LogP contribution in [0, 0.1) is 5.82 Å². The third kappa shape index (κ3) is 5.90. The number of aromatic nitrogens is 4. The molecule has 7 heteroatoms. The summed E-state index contributed by atoms with van der Waals surface area (Å²) in [5.74, 6) is 0.357. The lowest BCUT2D eigenvalue weighted by Crippen LogP contribution is -2.06. The van der Waals surface area contributed by atoms with Gasteiger partial charge in [0.25, 0.3) is 0 Å². The van der Waals surface area contributed by atoms with E-state index in [9.17, 15) is 9.18 Å². The van der Waals surface area contributed by atoms with Crippen molar-refractivity contribution in [2.45, 2.75) is 25.8 Å². The van der Waals surface area contributed by atoms with E-state index < -0.39 is 0 Å². The lowest BCUT2D eigenvalue weighted by atomic mass is 9.96. The number of benzene rings is 3. The van der Waals surface area contributed by atoms with Crippen LogP contribution >= 0.6 is 0 Å². The molecule has 0 unspecified atom stereocenters. The second kappa shape index (κ2) is 12.5. The number of halogens is 1. The summed E-state index contributed by atoms with van der Waals surface area (Å²) >= 11 is 0. The molecule has 3 heterocycles. The number of hydrogen-bond acceptors (Lipinski definition) is 6. The van der Waals surface area contributed by atoms with Crippen molar-refractivity contribution in [1.29, 1.82) is 0 Å². The zero-order valence-corrected chi connectivity index (χ0v) is 22.9. The van der Waals surface area contributed by atoms with Crippen molar-refractivity contribution in [2.24, 2.45) is 0 Å². The maximum atomic E-state index is 14.0. The first-order chi connectivity index (χ1) is 20.7. The molecule has 0 aliphatic rings. The zero-order chi connectivity index (χ0) is 28.7. The summed E-state index contributed by atoms with van der Waals surface area (Å²) in [5, 5.41) is 14.5. The number of pyridine rings is 2. The summed E-state index contributed by atoms with van der Waals surface area (Å²) in [6.07, 6.45) is 6.38. The quantitative estimate of drug-likeness (QED) is 0.175. The molecule has 206 valence electrons. The van der Waals surface area contributed by atoms with Crippen LogP contribution in [0.25, 0.3) is 33.2 Å². The molecule has 0 amide bonds. The summed E-state index contributed by atoms with van der Waals surface area (Å²) < 4.78 is 14.0. The molecule has 0 atom stereocenters. The van der Waals surface area contributed by atoms with Gasteiger partial charge in [0.2, 0.25) is 0 Å². The highest BCUT2D eigenvalue weighted by atomic mass is 19.1. The van der Waals surface area contributed by atoms with Crippen LogP contribution in [0.15, 0.2) is 116 Å². The molecular weight excluding hydrogens is 525 g/mol. The molecule has 0 bridgehead atoms. The predicted molar refractivity (Wildman–Crippen MR) is 163 cm³/mol. The molecule has 6 aromatic rings. The van der Waals surface area contributed by atoms with Crippen molar-refractivity contribution in [2.75, 3.05) is 5.32 Å². The molecule has 0 radical (unpaired) electrons. The number of carbonyl (C=O) groups excluding carboxylic acids is 1. The van der Waals surface area contributed by atoms with Crippen LogP contribution in [0.5, 0.6) is 0 Å². The Balaban J connectivity index is 1.33. The van der Waals surface area contributed by atoms with Gasteiger partial charge in [0.05, 0.1) is 12.2 Å². The Bertz CT molecular complexity index is 1840. The van der Waals surface area contributed by atoms with Crippen molar-refractivity contribution in [3.63, 3.8) is 0 Å². The van der Waals surface area contributed by atoms with Crippen molar-refractivity contribution in [3.8, 4) is 22.4 Å². The van der Waals surface area contributed by atoms with Crippen molar-refractivity contribution < 1.29 is 9.18 Å². The summed E-state index contributed by atoms with van der Waals surface area (Å²) in [7, 11) is 0. The molecule has 6 nitrogen and oxygen atoms in total. The number of anilines is 1. The number of nitrogens with one attached hydrogen (secondary N) is 1.